The maximum atomic E-state index is 13.9. The number of hydrogen-bond acceptors (Lipinski definition) is 3. The van der Waals surface area contributed by atoms with Crippen molar-refractivity contribution in [3.63, 3.8) is 0 Å². The number of anilines is 1. The molecule has 0 radical (unpaired) electrons. The van der Waals surface area contributed by atoms with Crippen molar-refractivity contribution in [2.24, 2.45) is 11.7 Å². The van der Waals surface area contributed by atoms with E-state index in [9.17, 15) is 14.0 Å². The molecule has 0 fully saturated rings. The van der Waals surface area contributed by atoms with Crippen LogP contribution in [-0.4, -0.2) is 24.4 Å². The first kappa shape index (κ1) is 20.3. The molecule has 0 aliphatic heterocycles. The highest BCUT2D eigenvalue weighted by atomic mass is 35.5. The molecular formula is C15H23ClFN3O2. The summed E-state index contributed by atoms with van der Waals surface area (Å²) < 4.78 is 13.9. The fourth-order valence-corrected chi connectivity index (χ4v) is 1.70. The van der Waals surface area contributed by atoms with Gasteiger partial charge in [-0.15, -0.1) is 12.4 Å². The van der Waals surface area contributed by atoms with Crippen molar-refractivity contribution in [2.75, 3.05) is 11.9 Å². The van der Waals surface area contributed by atoms with E-state index in [1.807, 2.05) is 13.8 Å². The van der Waals surface area contributed by atoms with E-state index in [4.69, 9.17) is 5.73 Å². The van der Waals surface area contributed by atoms with E-state index in [1.165, 1.54) is 12.1 Å². The fraction of sp³-hybridized carbons (Fsp3) is 0.467. The van der Waals surface area contributed by atoms with Gasteiger partial charge in [0.25, 0.3) is 5.91 Å². The monoisotopic (exact) mass is 331 g/mol. The maximum absolute atomic E-state index is 13.9. The van der Waals surface area contributed by atoms with Gasteiger partial charge in [0.1, 0.15) is 5.82 Å². The van der Waals surface area contributed by atoms with Gasteiger partial charge in [-0.1, -0.05) is 13.8 Å². The summed E-state index contributed by atoms with van der Waals surface area (Å²) in [5, 5.41) is 5.14. The average molecular weight is 332 g/mol. The molecule has 5 nitrogen and oxygen atoms in total. The number of benzene rings is 1. The first-order valence-electron chi connectivity index (χ1n) is 6.93. The van der Waals surface area contributed by atoms with E-state index < -0.39 is 11.7 Å². The van der Waals surface area contributed by atoms with Crippen molar-refractivity contribution in [1.29, 1.82) is 0 Å². The molecule has 1 aromatic rings. The number of halogens is 2. The Balaban J connectivity index is 0.00000441. The van der Waals surface area contributed by atoms with Gasteiger partial charge in [0, 0.05) is 24.6 Å². The summed E-state index contributed by atoms with van der Waals surface area (Å²) in [7, 11) is 0. The highest BCUT2D eigenvalue weighted by molar-refractivity contribution is 5.96. The zero-order valence-electron chi connectivity index (χ0n) is 13.0. The molecule has 0 spiro atoms. The van der Waals surface area contributed by atoms with Crippen molar-refractivity contribution in [2.45, 2.75) is 33.2 Å². The minimum absolute atomic E-state index is 0. The Morgan fingerprint density at radius 3 is 2.41 bits per heavy atom. The number of carbonyl (C=O) groups is 2. The molecule has 0 saturated carbocycles. The maximum Gasteiger partial charge on any atom is 0.251 e. The summed E-state index contributed by atoms with van der Waals surface area (Å²) in [4.78, 5) is 23.4. The predicted molar refractivity (Wildman–Crippen MR) is 87.7 cm³/mol. The Labute approximate surface area is 136 Å². The van der Waals surface area contributed by atoms with Crippen LogP contribution >= 0.6 is 12.4 Å². The Morgan fingerprint density at radius 1 is 1.27 bits per heavy atom. The molecule has 1 rings (SSSR count). The van der Waals surface area contributed by atoms with Crippen LogP contribution in [0, 0.1) is 11.7 Å². The molecular weight excluding hydrogens is 309 g/mol. The molecule has 0 heterocycles. The van der Waals surface area contributed by atoms with E-state index in [0.717, 1.165) is 6.07 Å². The third kappa shape index (κ3) is 6.41. The number of hydrogen-bond donors (Lipinski definition) is 3. The minimum atomic E-state index is -0.639. The molecule has 0 saturated heterocycles. The normalized spacial score (nSPS) is 11.5. The SMILES string of the molecule is CC(C)CC(=O)Nc1ccc(C(=O)N[C@@H](C)CN)cc1F.Cl. The number of rotatable bonds is 6. The standard InChI is InChI=1S/C15H22FN3O2.ClH/c1-9(2)6-14(20)19-13-5-4-11(7-12(13)16)15(21)18-10(3)8-17;/h4-5,7,9-10H,6,8,17H2,1-3H3,(H,18,21)(H,19,20);1H/t10-;/m0./s1. The van der Waals surface area contributed by atoms with Gasteiger partial charge in [-0.3, -0.25) is 9.59 Å². The van der Waals surface area contributed by atoms with Gasteiger partial charge in [0.05, 0.1) is 5.69 Å². The van der Waals surface area contributed by atoms with Crippen molar-refractivity contribution in [1.82, 2.24) is 5.32 Å². The Hall–Kier alpha value is -1.66. The molecule has 0 aliphatic carbocycles. The van der Waals surface area contributed by atoms with Gasteiger partial charge in [-0.2, -0.15) is 0 Å². The lowest BCUT2D eigenvalue weighted by Gasteiger charge is -2.12. The third-order valence-corrected chi connectivity index (χ3v) is 2.83. The van der Waals surface area contributed by atoms with Crippen LogP contribution in [0.5, 0.6) is 0 Å². The van der Waals surface area contributed by atoms with Crippen LogP contribution < -0.4 is 16.4 Å². The molecule has 124 valence electrons. The quantitative estimate of drug-likeness (QED) is 0.748. The lowest BCUT2D eigenvalue weighted by atomic mass is 10.1. The van der Waals surface area contributed by atoms with Crippen LogP contribution in [0.4, 0.5) is 10.1 Å². The second-order valence-corrected chi connectivity index (χ2v) is 5.45. The van der Waals surface area contributed by atoms with Crippen molar-refractivity contribution >= 4 is 29.9 Å². The second-order valence-electron chi connectivity index (χ2n) is 5.45. The van der Waals surface area contributed by atoms with Gasteiger partial charge >= 0.3 is 0 Å². The Bertz CT molecular complexity index is 524. The predicted octanol–water partition coefficient (Wildman–Crippen LogP) is 2.31. The molecule has 7 heteroatoms. The van der Waals surface area contributed by atoms with Crippen LogP contribution in [0.2, 0.25) is 0 Å². The van der Waals surface area contributed by atoms with E-state index in [2.05, 4.69) is 10.6 Å². The molecule has 0 unspecified atom stereocenters. The molecule has 0 bridgehead atoms. The highest BCUT2D eigenvalue weighted by Crippen LogP contribution is 2.17. The number of nitrogens with one attached hydrogen (secondary N) is 2. The zero-order chi connectivity index (χ0) is 16.0. The van der Waals surface area contributed by atoms with Crippen molar-refractivity contribution in [3.8, 4) is 0 Å². The van der Waals surface area contributed by atoms with Crippen LogP contribution in [0.25, 0.3) is 0 Å². The number of nitrogens with two attached hydrogens (primary N) is 1. The van der Waals surface area contributed by atoms with Crippen molar-refractivity contribution in [3.05, 3.63) is 29.6 Å². The fourth-order valence-electron chi connectivity index (χ4n) is 1.70. The minimum Gasteiger partial charge on any atom is -0.348 e. The molecule has 2 amide bonds. The van der Waals surface area contributed by atoms with E-state index in [1.54, 1.807) is 6.92 Å². The van der Waals surface area contributed by atoms with Crippen LogP contribution in [0.1, 0.15) is 37.6 Å². The topological polar surface area (TPSA) is 84.2 Å². The van der Waals surface area contributed by atoms with Gasteiger partial charge in [-0.05, 0) is 31.0 Å². The Kier molecular flexibility index (Phi) is 8.67. The van der Waals surface area contributed by atoms with Gasteiger partial charge in [0.15, 0.2) is 0 Å². The smallest absolute Gasteiger partial charge is 0.251 e. The lowest BCUT2D eigenvalue weighted by molar-refractivity contribution is -0.116. The highest BCUT2D eigenvalue weighted by Gasteiger charge is 2.13. The van der Waals surface area contributed by atoms with Crippen LogP contribution in [0.3, 0.4) is 0 Å². The lowest BCUT2D eigenvalue weighted by Crippen LogP contribution is -2.37. The summed E-state index contributed by atoms with van der Waals surface area (Å²) in [6.07, 6.45) is 0.315. The van der Waals surface area contributed by atoms with Gasteiger partial charge in [0.2, 0.25) is 5.91 Å². The molecule has 0 aliphatic rings. The summed E-state index contributed by atoms with van der Waals surface area (Å²) >= 11 is 0. The summed E-state index contributed by atoms with van der Waals surface area (Å²) in [5.41, 5.74) is 5.67. The summed E-state index contributed by atoms with van der Waals surface area (Å²) in [6, 6.07) is 3.76. The summed E-state index contributed by atoms with van der Waals surface area (Å²) in [6.45, 7) is 5.87. The zero-order valence-corrected chi connectivity index (χ0v) is 13.8. The molecule has 1 aromatic carbocycles. The second kappa shape index (κ2) is 9.38. The van der Waals surface area contributed by atoms with Crippen molar-refractivity contribution < 1.29 is 14.0 Å². The largest absolute Gasteiger partial charge is 0.348 e. The average Bonchev–Trinajstić information content (AvgIpc) is 2.39. The van der Waals surface area contributed by atoms with Crippen LogP contribution in [-0.2, 0) is 4.79 Å². The first-order chi connectivity index (χ1) is 9.83. The summed E-state index contributed by atoms with van der Waals surface area (Å²) in [5.74, 6) is -1.10. The van der Waals surface area contributed by atoms with Gasteiger partial charge < -0.3 is 16.4 Å². The number of amides is 2. The molecule has 22 heavy (non-hydrogen) atoms. The molecule has 4 N–H and O–H groups in total. The molecule has 1 atom stereocenters. The number of carbonyl (C=O) groups excluding carboxylic acids is 2. The van der Waals surface area contributed by atoms with E-state index in [0.29, 0.717) is 13.0 Å². The third-order valence-electron chi connectivity index (χ3n) is 2.83. The van der Waals surface area contributed by atoms with Gasteiger partial charge in [-0.25, -0.2) is 4.39 Å². The molecule has 0 aromatic heterocycles. The van der Waals surface area contributed by atoms with E-state index >= 15 is 0 Å². The van der Waals surface area contributed by atoms with Crippen LogP contribution in [0.15, 0.2) is 18.2 Å². The van der Waals surface area contributed by atoms with E-state index in [-0.39, 0.29) is 41.5 Å². The Morgan fingerprint density at radius 2 is 1.91 bits per heavy atom. The first-order valence-corrected chi connectivity index (χ1v) is 6.93.